The Labute approximate surface area is 175 Å². The summed E-state index contributed by atoms with van der Waals surface area (Å²) in [6.45, 7) is 4.17. The number of aryl methyl sites for hydroxylation is 1. The van der Waals surface area contributed by atoms with E-state index in [4.69, 9.17) is 11.6 Å². The van der Waals surface area contributed by atoms with Gasteiger partial charge in [0.15, 0.2) is 0 Å². The van der Waals surface area contributed by atoms with Crippen LogP contribution in [-0.4, -0.2) is 17.9 Å². The molecule has 0 saturated carbocycles. The van der Waals surface area contributed by atoms with Crippen LogP contribution in [0.4, 0.5) is 11.4 Å². The van der Waals surface area contributed by atoms with E-state index in [2.05, 4.69) is 0 Å². The molecule has 4 nitrogen and oxygen atoms in total. The van der Waals surface area contributed by atoms with E-state index in [9.17, 15) is 9.59 Å². The van der Waals surface area contributed by atoms with E-state index in [1.165, 1.54) is 0 Å². The fourth-order valence-electron chi connectivity index (χ4n) is 3.62. The van der Waals surface area contributed by atoms with Crippen molar-refractivity contribution in [2.24, 2.45) is 0 Å². The minimum Gasteiger partial charge on any atom is -0.304 e. The Bertz CT molecular complexity index is 1060. The molecule has 0 radical (unpaired) electrons. The second-order valence-corrected chi connectivity index (χ2v) is 7.69. The maximum atomic E-state index is 13.3. The molecule has 0 bridgehead atoms. The smallest absolute Gasteiger partial charge is 0.259 e. The maximum absolute atomic E-state index is 13.3. The third kappa shape index (κ3) is 3.64. The molecule has 1 aliphatic heterocycles. The summed E-state index contributed by atoms with van der Waals surface area (Å²) in [6.07, 6.45) is 0. The van der Waals surface area contributed by atoms with Crippen molar-refractivity contribution in [1.29, 1.82) is 0 Å². The lowest BCUT2D eigenvalue weighted by Crippen LogP contribution is -2.54. The van der Waals surface area contributed by atoms with Crippen molar-refractivity contribution in [2.45, 2.75) is 26.4 Å². The van der Waals surface area contributed by atoms with E-state index < -0.39 is 6.04 Å². The lowest BCUT2D eigenvalue weighted by Gasteiger charge is -2.40. The third-order valence-corrected chi connectivity index (χ3v) is 5.47. The van der Waals surface area contributed by atoms with E-state index in [0.717, 1.165) is 22.5 Å². The van der Waals surface area contributed by atoms with Gasteiger partial charge in [-0.2, -0.15) is 0 Å². The highest BCUT2D eigenvalue weighted by atomic mass is 35.5. The highest BCUT2D eigenvalue weighted by Crippen LogP contribution is 2.37. The number of fused-ring (bicyclic) bond motifs is 1. The molecule has 146 valence electrons. The van der Waals surface area contributed by atoms with Gasteiger partial charge in [-0.3, -0.25) is 14.5 Å². The summed E-state index contributed by atoms with van der Waals surface area (Å²) < 4.78 is 0. The molecule has 0 N–H and O–H groups in total. The minimum atomic E-state index is -0.606. The van der Waals surface area contributed by atoms with E-state index in [-0.39, 0.29) is 11.8 Å². The van der Waals surface area contributed by atoms with Crippen LogP contribution in [0.1, 0.15) is 28.4 Å². The van der Waals surface area contributed by atoms with E-state index in [1.54, 1.807) is 28.9 Å². The summed E-state index contributed by atoms with van der Waals surface area (Å²) in [6, 6.07) is 21.8. The fourth-order valence-corrected chi connectivity index (χ4v) is 3.74. The zero-order chi connectivity index (χ0) is 20.5. The van der Waals surface area contributed by atoms with Gasteiger partial charge >= 0.3 is 0 Å². The van der Waals surface area contributed by atoms with Crippen LogP contribution >= 0.6 is 11.6 Å². The van der Waals surface area contributed by atoms with Crippen molar-refractivity contribution >= 4 is 34.8 Å². The van der Waals surface area contributed by atoms with E-state index in [1.807, 2.05) is 67.6 Å². The molecule has 1 atom stereocenters. The molecule has 4 rings (SSSR count). The summed E-state index contributed by atoms with van der Waals surface area (Å²) in [4.78, 5) is 29.9. The zero-order valence-electron chi connectivity index (χ0n) is 16.3. The third-order valence-electron chi connectivity index (χ3n) is 5.21. The van der Waals surface area contributed by atoms with Gasteiger partial charge in [0.2, 0.25) is 5.91 Å². The van der Waals surface area contributed by atoms with Gasteiger partial charge in [0.1, 0.15) is 6.04 Å². The number of carbonyl (C=O) groups excluding carboxylic acids is 2. The predicted molar refractivity (Wildman–Crippen MR) is 117 cm³/mol. The Kier molecular flexibility index (Phi) is 5.12. The van der Waals surface area contributed by atoms with Crippen molar-refractivity contribution in [3.05, 3.63) is 94.5 Å². The van der Waals surface area contributed by atoms with Crippen LogP contribution in [0.5, 0.6) is 0 Å². The highest BCUT2D eigenvalue weighted by molar-refractivity contribution is 6.30. The monoisotopic (exact) mass is 404 g/mol. The number of hydrogen-bond donors (Lipinski definition) is 0. The van der Waals surface area contributed by atoms with Crippen LogP contribution in [0.3, 0.4) is 0 Å². The molecule has 3 aromatic carbocycles. The first-order valence-electron chi connectivity index (χ1n) is 9.51. The molecule has 0 saturated heterocycles. The van der Waals surface area contributed by atoms with E-state index >= 15 is 0 Å². The molecule has 0 aliphatic carbocycles. The minimum absolute atomic E-state index is 0.112. The van der Waals surface area contributed by atoms with Crippen molar-refractivity contribution in [1.82, 2.24) is 0 Å². The Morgan fingerprint density at radius 3 is 2.21 bits per heavy atom. The van der Waals surface area contributed by atoms with Crippen LogP contribution in [0, 0.1) is 6.92 Å². The maximum Gasteiger partial charge on any atom is 0.259 e. The molecule has 0 unspecified atom stereocenters. The van der Waals surface area contributed by atoms with Crippen molar-refractivity contribution < 1.29 is 9.59 Å². The van der Waals surface area contributed by atoms with Gasteiger partial charge in [-0.05, 0) is 55.8 Å². The molecule has 0 spiro atoms. The first-order chi connectivity index (χ1) is 14.0. The Hall–Kier alpha value is -3.11. The summed E-state index contributed by atoms with van der Waals surface area (Å²) in [5.74, 6) is -0.288. The Morgan fingerprint density at radius 1 is 0.931 bits per heavy atom. The Morgan fingerprint density at radius 2 is 1.55 bits per heavy atom. The molecule has 0 fully saturated rings. The molecular formula is C24H21ClN2O2. The molecule has 29 heavy (non-hydrogen) atoms. The summed E-state index contributed by atoms with van der Waals surface area (Å²) in [5, 5.41) is 0.655. The van der Waals surface area contributed by atoms with Crippen molar-refractivity contribution in [3.63, 3.8) is 0 Å². The first-order valence-corrected chi connectivity index (χ1v) is 9.88. The number of amides is 2. The first kappa shape index (κ1) is 19.2. The normalized spacial score (nSPS) is 16.0. The average molecular weight is 405 g/mol. The molecule has 1 aliphatic rings. The molecule has 1 heterocycles. The van der Waals surface area contributed by atoms with Gasteiger partial charge in [-0.25, -0.2) is 0 Å². The van der Waals surface area contributed by atoms with Crippen LogP contribution in [0.15, 0.2) is 72.8 Å². The second-order valence-electron chi connectivity index (χ2n) is 7.26. The number of halogens is 1. The Balaban J connectivity index is 1.73. The second kappa shape index (κ2) is 7.72. The molecular weight excluding hydrogens is 384 g/mol. The van der Waals surface area contributed by atoms with Gasteiger partial charge < -0.3 is 4.90 Å². The number of rotatable bonds is 3. The molecule has 2 amide bonds. The largest absolute Gasteiger partial charge is 0.304 e. The topological polar surface area (TPSA) is 40.6 Å². The number of carbonyl (C=O) groups is 2. The summed E-state index contributed by atoms with van der Waals surface area (Å²) in [5.41, 5.74) is 4.09. The number of para-hydroxylation sites is 2. The number of nitrogens with zero attached hydrogens (tertiary/aromatic N) is 2. The average Bonchev–Trinajstić information content (AvgIpc) is 2.73. The standard InChI is InChI=1S/C24H21ClN2O2/c1-16-7-11-19(12-8-16)24(29)27-17(2)23(28)26(21-5-3-4-6-22(21)27)15-18-9-13-20(25)14-10-18/h3-14,17H,15H2,1-2H3/t17-/m1/s1. The van der Waals surface area contributed by atoms with Crippen LogP contribution in [-0.2, 0) is 11.3 Å². The lowest BCUT2D eigenvalue weighted by molar-refractivity contribution is -0.119. The van der Waals surface area contributed by atoms with Gasteiger partial charge in [0.05, 0.1) is 17.9 Å². The SMILES string of the molecule is Cc1ccc(C(=O)N2c3ccccc3N(Cc3ccc(Cl)cc3)C(=O)[C@H]2C)cc1. The molecule has 3 aromatic rings. The number of hydrogen-bond acceptors (Lipinski definition) is 2. The van der Waals surface area contributed by atoms with Gasteiger partial charge in [0, 0.05) is 10.6 Å². The van der Waals surface area contributed by atoms with Crippen LogP contribution in [0.25, 0.3) is 0 Å². The van der Waals surface area contributed by atoms with Gasteiger partial charge in [-0.1, -0.05) is 53.6 Å². The fraction of sp³-hybridized carbons (Fsp3) is 0.167. The van der Waals surface area contributed by atoms with Gasteiger partial charge in [-0.15, -0.1) is 0 Å². The quantitative estimate of drug-likeness (QED) is 0.599. The predicted octanol–water partition coefficient (Wildman–Crippen LogP) is 5.23. The van der Waals surface area contributed by atoms with E-state index in [0.29, 0.717) is 17.1 Å². The number of anilines is 2. The lowest BCUT2D eigenvalue weighted by atomic mass is 10.0. The van der Waals surface area contributed by atoms with Crippen LogP contribution in [0.2, 0.25) is 5.02 Å². The molecule has 5 heteroatoms. The van der Waals surface area contributed by atoms with Gasteiger partial charge in [0.25, 0.3) is 5.91 Å². The van der Waals surface area contributed by atoms with Crippen molar-refractivity contribution in [2.75, 3.05) is 9.80 Å². The summed E-state index contributed by atoms with van der Waals surface area (Å²) >= 11 is 5.98. The van der Waals surface area contributed by atoms with Crippen molar-refractivity contribution in [3.8, 4) is 0 Å². The summed E-state index contributed by atoms with van der Waals surface area (Å²) in [7, 11) is 0. The zero-order valence-corrected chi connectivity index (χ0v) is 17.1. The van der Waals surface area contributed by atoms with Crippen LogP contribution < -0.4 is 9.80 Å². The highest BCUT2D eigenvalue weighted by Gasteiger charge is 2.38. The number of benzene rings is 3. The molecule has 0 aromatic heterocycles.